The molecule has 3 N–H and O–H groups in total. The molecule has 1 aliphatic rings. The summed E-state index contributed by atoms with van der Waals surface area (Å²) in [4.78, 5) is 6.92. The smallest absolute Gasteiger partial charge is 0.188 e. The maximum absolute atomic E-state index is 5.98. The van der Waals surface area contributed by atoms with Crippen LogP contribution in [0.1, 0.15) is 39.5 Å². The van der Waals surface area contributed by atoms with Crippen LogP contribution < -0.4 is 11.1 Å². The van der Waals surface area contributed by atoms with Gasteiger partial charge in [0.2, 0.25) is 0 Å². The molecule has 0 amide bonds. The van der Waals surface area contributed by atoms with Crippen LogP contribution in [0, 0.1) is 5.92 Å². The topological polar surface area (TPSA) is 62.9 Å². The molecular weight excluding hydrogens is 252 g/mol. The number of hydrogen-bond donors (Lipinski definition) is 2. The van der Waals surface area contributed by atoms with Crippen molar-refractivity contribution in [2.24, 2.45) is 16.6 Å². The highest BCUT2D eigenvalue weighted by Crippen LogP contribution is 2.35. The number of guanidine groups is 1. The maximum Gasteiger partial charge on any atom is 0.188 e. The van der Waals surface area contributed by atoms with Crippen molar-refractivity contribution in [3.8, 4) is 0 Å². The molecule has 0 aliphatic heterocycles. The molecule has 1 aliphatic carbocycles. The second-order valence-electron chi connectivity index (χ2n) is 6.52. The Hall–Kier alpha value is -0.810. The zero-order chi connectivity index (χ0) is 15.2. The molecule has 20 heavy (non-hydrogen) atoms. The summed E-state index contributed by atoms with van der Waals surface area (Å²) in [5, 5.41) is 3.17. The van der Waals surface area contributed by atoms with E-state index in [1.54, 1.807) is 7.11 Å². The van der Waals surface area contributed by atoms with E-state index in [4.69, 9.17) is 10.5 Å². The van der Waals surface area contributed by atoms with E-state index >= 15 is 0 Å². The van der Waals surface area contributed by atoms with E-state index in [2.05, 4.69) is 36.2 Å². The molecule has 0 saturated heterocycles. The average molecular weight is 284 g/mol. The zero-order valence-corrected chi connectivity index (χ0v) is 13.8. The fraction of sp³-hybridized carbons (Fsp3) is 0.933. The molecule has 1 rings (SSSR count). The van der Waals surface area contributed by atoms with Crippen molar-refractivity contribution in [3.05, 3.63) is 0 Å². The lowest BCUT2D eigenvalue weighted by Crippen LogP contribution is -2.51. The Morgan fingerprint density at radius 1 is 1.55 bits per heavy atom. The number of rotatable bonds is 6. The highest BCUT2D eigenvalue weighted by molar-refractivity contribution is 5.78. The molecule has 3 atom stereocenters. The standard InChI is InChI=1S/C15H32N4O/c1-12-7-6-8-15(9-12,19(3)4)11-17-14(16)18-13(2)10-20-5/h12-13H,6-11H2,1-5H3,(H3,16,17,18). The summed E-state index contributed by atoms with van der Waals surface area (Å²) in [6.07, 6.45) is 5.01. The predicted octanol–water partition coefficient (Wildman–Crippen LogP) is 1.44. The van der Waals surface area contributed by atoms with E-state index in [0.717, 1.165) is 12.5 Å². The second kappa shape index (κ2) is 7.84. The zero-order valence-electron chi connectivity index (χ0n) is 13.8. The second-order valence-corrected chi connectivity index (χ2v) is 6.52. The van der Waals surface area contributed by atoms with Crippen molar-refractivity contribution in [2.75, 3.05) is 34.4 Å². The monoisotopic (exact) mass is 284 g/mol. The van der Waals surface area contributed by atoms with Gasteiger partial charge in [-0.15, -0.1) is 0 Å². The van der Waals surface area contributed by atoms with Gasteiger partial charge in [-0.25, -0.2) is 0 Å². The van der Waals surface area contributed by atoms with E-state index in [0.29, 0.717) is 12.6 Å². The van der Waals surface area contributed by atoms with Gasteiger partial charge in [-0.2, -0.15) is 0 Å². The third-order valence-electron chi connectivity index (χ3n) is 4.37. The van der Waals surface area contributed by atoms with Crippen LogP contribution in [0.5, 0.6) is 0 Å². The minimum Gasteiger partial charge on any atom is -0.383 e. The highest BCUT2D eigenvalue weighted by atomic mass is 16.5. The third kappa shape index (κ3) is 4.94. The number of nitrogens with one attached hydrogen (secondary N) is 1. The minimum absolute atomic E-state index is 0.161. The van der Waals surface area contributed by atoms with Crippen molar-refractivity contribution in [3.63, 3.8) is 0 Å². The molecule has 0 aromatic rings. The molecular formula is C15H32N4O. The maximum atomic E-state index is 5.98. The lowest BCUT2D eigenvalue weighted by atomic mass is 9.75. The largest absolute Gasteiger partial charge is 0.383 e. The first-order valence-electron chi connectivity index (χ1n) is 7.62. The molecule has 1 fully saturated rings. The van der Waals surface area contributed by atoms with E-state index in [1.807, 2.05) is 6.92 Å². The van der Waals surface area contributed by atoms with Crippen LogP contribution in [0.15, 0.2) is 4.99 Å². The Morgan fingerprint density at radius 3 is 2.80 bits per heavy atom. The molecule has 5 heteroatoms. The number of nitrogens with two attached hydrogens (primary N) is 1. The van der Waals surface area contributed by atoms with Crippen LogP contribution in [0.3, 0.4) is 0 Å². The molecule has 0 aromatic carbocycles. The first-order valence-corrected chi connectivity index (χ1v) is 7.62. The Balaban J connectivity index is 2.62. The normalized spacial score (nSPS) is 29.5. The number of aliphatic imine (C=N–C) groups is 1. The number of likely N-dealkylation sites (N-methyl/N-ethyl adjacent to an activating group) is 1. The van der Waals surface area contributed by atoms with Crippen molar-refractivity contribution in [1.82, 2.24) is 10.2 Å². The summed E-state index contributed by atoms with van der Waals surface area (Å²) in [5.41, 5.74) is 6.14. The van der Waals surface area contributed by atoms with Crippen LogP contribution in [-0.2, 0) is 4.74 Å². The van der Waals surface area contributed by atoms with Crippen molar-refractivity contribution in [2.45, 2.75) is 51.1 Å². The van der Waals surface area contributed by atoms with Gasteiger partial charge in [-0.1, -0.05) is 19.8 Å². The van der Waals surface area contributed by atoms with Crippen LogP contribution in [0.25, 0.3) is 0 Å². The van der Waals surface area contributed by atoms with Gasteiger partial charge in [0.05, 0.1) is 13.2 Å². The van der Waals surface area contributed by atoms with Crippen molar-refractivity contribution < 1.29 is 4.74 Å². The van der Waals surface area contributed by atoms with Gasteiger partial charge in [-0.3, -0.25) is 4.99 Å². The van der Waals surface area contributed by atoms with E-state index < -0.39 is 0 Å². The summed E-state index contributed by atoms with van der Waals surface area (Å²) < 4.78 is 5.09. The van der Waals surface area contributed by atoms with Gasteiger partial charge in [0.25, 0.3) is 0 Å². The average Bonchev–Trinajstić information content (AvgIpc) is 2.36. The van der Waals surface area contributed by atoms with E-state index in [-0.39, 0.29) is 11.6 Å². The first-order chi connectivity index (χ1) is 9.39. The molecule has 0 spiro atoms. The van der Waals surface area contributed by atoms with Crippen LogP contribution in [-0.4, -0.2) is 56.8 Å². The third-order valence-corrected chi connectivity index (χ3v) is 4.37. The number of hydrogen-bond acceptors (Lipinski definition) is 3. The summed E-state index contributed by atoms with van der Waals surface area (Å²) in [6.45, 7) is 5.77. The first kappa shape index (κ1) is 17.2. The molecule has 5 nitrogen and oxygen atoms in total. The van der Waals surface area contributed by atoms with Gasteiger partial charge >= 0.3 is 0 Å². The highest BCUT2D eigenvalue weighted by Gasteiger charge is 2.36. The summed E-state index contributed by atoms with van der Waals surface area (Å²) in [6, 6.07) is 0.185. The minimum atomic E-state index is 0.161. The van der Waals surface area contributed by atoms with Crippen LogP contribution >= 0.6 is 0 Å². The lowest BCUT2D eigenvalue weighted by molar-refractivity contribution is 0.0845. The fourth-order valence-corrected chi connectivity index (χ4v) is 3.15. The van der Waals surface area contributed by atoms with Gasteiger partial charge in [0, 0.05) is 18.7 Å². The van der Waals surface area contributed by atoms with E-state index in [9.17, 15) is 0 Å². The molecule has 3 unspecified atom stereocenters. The lowest BCUT2D eigenvalue weighted by Gasteiger charge is -2.44. The van der Waals surface area contributed by atoms with Gasteiger partial charge in [-0.05, 0) is 39.8 Å². The number of ether oxygens (including phenoxy) is 1. The van der Waals surface area contributed by atoms with E-state index in [1.165, 1.54) is 25.7 Å². The molecule has 0 aromatic heterocycles. The molecule has 0 bridgehead atoms. The predicted molar refractivity (Wildman–Crippen MR) is 85.0 cm³/mol. The summed E-state index contributed by atoms with van der Waals surface area (Å²) >= 11 is 0. The van der Waals surface area contributed by atoms with Crippen molar-refractivity contribution >= 4 is 5.96 Å². The molecule has 1 saturated carbocycles. The molecule has 0 radical (unpaired) electrons. The molecule has 118 valence electrons. The fourth-order valence-electron chi connectivity index (χ4n) is 3.15. The van der Waals surface area contributed by atoms with Gasteiger partial charge in [0.1, 0.15) is 0 Å². The van der Waals surface area contributed by atoms with Gasteiger partial charge < -0.3 is 20.7 Å². The van der Waals surface area contributed by atoms with Crippen LogP contribution in [0.4, 0.5) is 0 Å². The number of nitrogens with zero attached hydrogens (tertiary/aromatic N) is 2. The Bertz CT molecular complexity index is 319. The Labute approximate surface area is 124 Å². The number of methoxy groups -OCH3 is 1. The van der Waals surface area contributed by atoms with Gasteiger partial charge in [0.15, 0.2) is 5.96 Å². The SMILES string of the molecule is COCC(C)NC(N)=NCC1(N(C)C)CCCC(C)C1. The van der Waals surface area contributed by atoms with Crippen molar-refractivity contribution in [1.29, 1.82) is 0 Å². The Kier molecular flexibility index (Phi) is 6.76. The summed E-state index contributed by atoms with van der Waals surface area (Å²) in [7, 11) is 6.01. The van der Waals surface area contributed by atoms with Crippen LogP contribution in [0.2, 0.25) is 0 Å². The summed E-state index contributed by atoms with van der Waals surface area (Å²) in [5.74, 6) is 1.29. The quantitative estimate of drug-likeness (QED) is 0.572. The molecule has 0 heterocycles. The Morgan fingerprint density at radius 2 is 2.25 bits per heavy atom.